The number of rotatable bonds is 4. The van der Waals surface area contributed by atoms with Gasteiger partial charge < -0.3 is 5.32 Å². The maximum absolute atomic E-state index is 13.0. The first kappa shape index (κ1) is 14.0. The number of carbonyl (C=O) groups excluding carboxylic acids is 1. The van der Waals surface area contributed by atoms with E-state index in [2.05, 4.69) is 31.1 Å². The Morgan fingerprint density at radius 3 is 2.79 bits per heavy atom. The van der Waals surface area contributed by atoms with Gasteiger partial charge >= 0.3 is 0 Å². The van der Waals surface area contributed by atoms with Gasteiger partial charge in [-0.25, -0.2) is 4.39 Å². The Morgan fingerprint density at radius 1 is 1.53 bits per heavy atom. The molecule has 1 aliphatic heterocycles. The molecular formula is C15H21FN2O. The number of pyridine rings is 1. The largest absolute Gasteiger partial charge is 0.352 e. The van der Waals surface area contributed by atoms with Crippen molar-refractivity contribution in [3.63, 3.8) is 0 Å². The van der Waals surface area contributed by atoms with Crippen molar-refractivity contribution in [2.45, 2.75) is 51.5 Å². The summed E-state index contributed by atoms with van der Waals surface area (Å²) >= 11 is 0. The highest BCUT2D eigenvalue weighted by Crippen LogP contribution is 2.40. The molecule has 0 spiro atoms. The summed E-state index contributed by atoms with van der Waals surface area (Å²) in [7, 11) is 0. The monoisotopic (exact) mass is 264 g/mol. The molecule has 2 heterocycles. The Hall–Kier alpha value is -1.45. The van der Waals surface area contributed by atoms with E-state index in [0.717, 1.165) is 18.5 Å². The summed E-state index contributed by atoms with van der Waals surface area (Å²) in [5.74, 6) is 0.223. The number of hydrogen-bond donors (Lipinski definition) is 1. The van der Waals surface area contributed by atoms with Crippen molar-refractivity contribution in [3.8, 4) is 0 Å². The fraction of sp³-hybridized carbons (Fsp3) is 0.600. The molecule has 1 amide bonds. The quantitative estimate of drug-likeness (QED) is 0.908. The lowest BCUT2D eigenvalue weighted by atomic mass is 9.72. The zero-order valence-corrected chi connectivity index (χ0v) is 11.7. The van der Waals surface area contributed by atoms with E-state index in [1.54, 1.807) is 6.07 Å². The van der Waals surface area contributed by atoms with Gasteiger partial charge in [0.25, 0.3) is 0 Å². The summed E-state index contributed by atoms with van der Waals surface area (Å²) in [6, 6.07) is 3.23. The van der Waals surface area contributed by atoms with Crippen LogP contribution in [-0.4, -0.2) is 16.9 Å². The maximum Gasteiger partial charge on any atom is 0.221 e. The Balaban J connectivity index is 2.38. The lowest BCUT2D eigenvalue weighted by molar-refractivity contribution is -0.119. The second-order valence-corrected chi connectivity index (χ2v) is 5.80. The summed E-state index contributed by atoms with van der Waals surface area (Å²) in [4.78, 5) is 16.1. The minimum atomic E-state index is -0.340. The van der Waals surface area contributed by atoms with Crippen LogP contribution in [0, 0.1) is 11.7 Å². The van der Waals surface area contributed by atoms with Crippen molar-refractivity contribution in [2.24, 2.45) is 5.92 Å². The summed E-state index contributed by atoms with van der Waals surface area (Å²) in [5, 5.41) is 3.07. The van der Waals surface area contributed by atoms with Crippen molar-refractivity contribution in [1.29, 1.82) is 0 Å². The van der Waals surface area contributed by atoms with E-state index < -0.39 is 0 Å². The third-order valence-corrected chi connectivity index (χ3v) is 4.05. The number of hydrogen-bond acceptors (Lipinski definition) is 2. The lowest BCUT2D eigenvalue weighted by Gasteiger charge is -2.33. The van der Waals surface area contributed by atoms with E-state index in [-0.39, 0.29) is 23.2 Å². The molecule has 2 unspecified atom stereocenters. The predicted molar refractivity (Wildman–Crippen MR) is 72.2 cm³/mol. The van der Waals surface area contributed by atoms with Crippen molar-refractivity contribution < 1.29 is 9.18 Å². The summed E-state index contributed by atoms with van der Waals surface area (Å²) in [6.07, 6.45) is 3.42. The Morgan fingerprint density at radius 2 is 2.26 bits per heavy atom. The van der Waals surface area contributed by atoms with Crippen LogP contribution in [0.5, 0.6) is 0 Å². The first-order chi connectivity index (χ1) is 8.98. The second kappa shape index (κ2) is 5.27. The molecule has 1 fully saturated rings. The van der Waals surface area contributed by atoms with E-state index in [0.29, 0.717) is 12.3 Å². The van der Waals surface area contributed by atoms with Crippen LogP contribution in [0.25, 0.3) is 0 Å². The molecular weight excluding hydrogens is 243 g/mol. The second-order valence-electron chi connectivity index (χ2n) is 5.80. The number of aromatic nitrogens is 1. The van der Waals surface area contributed by atoms with E-state index >= 15 is 0 Å². The number of nitrogens with one attached hydrogen (secondary N) is 1. The van der Waals surface area contributed by atoms with Crippen molar-refractivity contribution in [1.82, 2.24) is 10.3 Å². The Labute approximate surface area is 113 Å². The van der Waals surface area contributed by atoms with E-state index in [1.165, 1.54) is 12.3 Å². The molecule has 1 saturated heterocycles. The minimum absolute atomic E-state index is 0.0682. The first-order valence-electron chi connectivity index (χ1n) is 6.89. The van der Waals surface area contributed by atoms with Crippen LogP contribution in [-0.2, 0) is 10.2 Å². The molecule has 0 aromatic carbocycles. The fourth-order valence-corrected chi connectivity index (χ4v) is 3.04. The molecule has 1 N–H and O–H groups in total. The Bertz CT molecular complexity index is 458. The minimum Gasteiger partial charge on any atom is -0.352 e. The standard InChI is InChI=1S/C15H21FN2O/c1-4-15(12-6-5-11(16)9-17-12)8-14(19)18-13(15)7-10(2)3/h5-6,9-10,13H,4,7-8H2,1-3H3,(H,18,19). The van der Waals surface area contributed by atoms with Crippen LogP contribution in [0.1, 0.15) is 45.7 Å². The van der Waals surface area contributed by atoms with Crippen molar-refractivity contribution >= 4 is 5.91 Å². The summed E-state index contributed by atoms with van der Waals surface area (Å²) in [6.45, 7) is 6.35. The van der Waals surface area contributed by atoms with Gasteiger partial charge in [-0.3, -0.25) is 9.78 Å². The third-order valence-electron chi connectivity index (χ3n) is 4.05. The normalized spacial score (nSPS) is 26.8. The molecule has 0 bridgehead atoms. The van der Waals surface area contributed by atoms with Crippen LogP contribution in [0.3, 0.4) is 0 Å². The average molecular weight is 264 g/mol. The van der Waals surface area contributed by atoms with Crippen LogP contribution in [0.15, 0.2) is 18.3 Å². The van der Waals surface area contributed by atoms with Crippen LogP contribution >= 0.6 is 0 Å². The molecule has 1 aromatic heterocycles. The summed E-state index contributed by atoms with van der Waals surface area (Å²) < 4.78 is 13.0. The van der Waals surface area contributed by atoms with Gasteiger partial charge in [0.15, 0.2) is 0 Å². The highest BCUT2D eigenvalue weighted by Gasteiger charge is 2.47. The fourth-order valence-electron chi connectivity index (χ4n) is 3.04. The van der Waals surface area contributed by atoms with E-state index in [1.807, 2.05) is 0 Å². The van der Waals surface area contributed by atoms with Gasteiger partial charge in [0.05, 0.1) is 6.20 Å². The highest BCUT2D eigenvalue weighted by atomic mass is 19.1. The van der Waals surface area contributed by atoms with Gasteiger partial charge in [-0.05, 0) is 30.9 Å². The molecule has 1 aromatic rings. The number of carbonyl (C=O) groups is 1. The third kappa shape index (κ3) is 2.62. The van der Waals surface area contributed by atoms with Gasteiger partial charge in [-0.15, -0.1) is 0 Å². The summed E-state index contributed by atoms with van der Waals surface area (Å²) in [5.41, 5.74) is 0.523. The van der Waals surface area contributed by atoms with E-state index in [4.69, 9.17) is 0 Å². The average Bonchev–Trinajstić information content (AvgIpc) is 2.66. The zero-order chi connectivity index (χ0) is 14.0. The van der Waals surface area contributed by atoms with Crippen LogP contribution in [0.4, 0.5) is 4.39 Å². The SMILES string of the molecule is CCC1(c2ccc(F)cn2)CC(=O)NC1CC(C)C. The van der Waals surface area contributed by atoms with Crippen LogP contribution < -0.4 is 5.32 Å². The molecule has 2 atom stereocenters. The topological polar surface area (TPSA) is 42.0 Å². The molecule has 2 rings (SSSR count). The number of nitrogens with zero attached hydrogens (tertiary/aromatic N) is 1. The predicted octanol–water partition coefficient (Wildman–Crippen LogP) is 2.80. The maximum atomic E-state index is 13.0. The first-order valence-corrected chi connectivity index (χ1v) is 6.89. The van der Waals surface area contributed by atoms with Gasteiger partial charge in [0, 0.05) is 23.6 Å². The van der Waals surface area contributed by atoms with E-state index in [9.17, 15) is 9.18 Å². The molecule has 4 heteroatoms. The van der Waals surface area contributed by atoms with Gasteiger partial charge in [0.1, 0.15) is 5.82 Å². The zero-order valence-electron chi connectivity index (χ0n) is 11.7. The Kier molecular flexibility index (Phi) is 3.88. The van der Waals surface area contributed by atoms with Gasteiger partial charge in [-0.1, -0.05) is 20.8 Å². The smallest absolute Gasteiger partial charge is 0.221 e. The van der Waals surface area contributed by atoms with Gasteiger partial charge in [0.2, 0.25) is 5.91 Å². The molecule has 1 aliphatic rings. The van der Waals surface area contributed by atoms with Crippen molar-refractivity contribution in [3.05, 3.63) is 29.8 Å². The van der Waals surface area contributed by atoms with Crippen molar-refractivity contribution in [2.75, 3.05) is 0 Å². The highest BCUT2D eigenvalue weighted by molar-refractivity contribution is 5.81. The number of halogens is 1. The van der Waals surface area contributed by atoms with Gasteiger partial charge in [-0.2, -0.15) is 0 Å². The van der Waals surface area contributed by atoms with Crippen LogP contribution in [0.2, 0.25) is 0 Å². The lowest BCUT2D eigenvalue weighted by Crippen LogP contribution is -2.41. The molecule has 0 saturated carbocycles. The molecule has 0 radical (unpaired) electrons. The molecule has 0 aliphatic carbocycles. The molecule has 19 heavy (non-hydrogen) atoms. The molecule has 104 valence electrons. The molecule has 3 nitrogen and oxygen atoms in total. The number of amides is 1.